The first-order valence-electron chi connectivity index (χ1n) is 8.11. The standard InChI is InChI=1S/C20H23NO3/c1-4-24-20(23)16(3)21(14-17-11-6-5-7-12-17)19(22)18-13-9-8-10-15(18)2/h5-13,16H,4,14H2,1-3H3. The number of carbonyl (C=O) groups excluding carboxylic acids is 2. The fourth-order valence-corrected chi connectivity index (χ4v) is 2.52. The topological polar surface area (TPSA) is 46.6 Å². The van der Waals surface area contributed by atoms with E-state index in [1.54, 1.807) is 24.8 Å². The number of esters is 1. The van der Waals surface area contributed by atoms with E-state index >= 15 is 0 Å². The van der Waals surface area contributed by atoms with Gasteiger partial charge in [0, 0.05) is 12.1 Å². The molecule has 4 heteroatoms. The third-order valence-electron chi connectivity index (χ3n) is 3.93. The van der Waals surface area contributed by atoms with Gasteiger partial charge in [-0.1, -0.05) is 48.5 Å². The van der Waals surface area contributed by atoms with Crippen LogP contribution in [0.3, 0.4) is 0 Å². The van der Waals surface area contributed by atoms with Gasteiger partial charge in [-0.05, 0) is 38.0 Å². The number of rotatable bonds is 6. The summed E-state index contributed by atoms with van der Waals surface area (Å²) in [6, 6.07) is 16.4. The summed E-state index contributed by atoms with van der Waals surface area (Å²) in [5, 5.41) is 0. The molecular formula is C20H23NO3. The number of ether oxygens (including phenoxy) is 1. The summed E-state index contributed by atoms with van der Waals surface area (Å²) in [6.45, 7) is 6.00. The van der Waals surface area contributed by atoms with Gasteiger partial charge in [0.15, 0.2) is 0 Å². The number of benzene rings is 2. The lowest BCUT2D eigenvalue weighted by Crippen LogP contribution is -2.43. The Hall–Kier alpha value is -2.62. The normalized spacial score (nSPS) is 11.6. The summed E-state index contributed by atoms with van der Waals surface area (Å²) in [6.07, 6.45) is 0. The minimum Gasteiger partial charge on any atom is -0.464 e. The van der Waals surface area contributed by atoms with Gasteiger partial charge in [0.2, 0.25) is 0 Å². The van der Waals surface area contributed by atoms with E-state index in [-0.39, 0.29) is 5.91 Å². The van der Waals surface area contributed by atoms with Crippen LogP contribution in [-0.2, 0) is 16.1 Å². The van der Waals surface area contributed by atoms with Crippen molar-refractivity contribution in [3.05, 3.63) is 71.3 Å². The molecule has 0 aromatic heterocycles. The minimum atomic E-state index is -0.655. The van der Waals surface area contributed by atoms with Crippen LogP contribution in [0.2, 0.25) is 0 Å². The molecule has 1 unspecified atom stereocenters. The Morgan fingerprint density at radius 1 is 1.04 bits per heavy atom. The van der Waals surface area contributed by atoms with E-state index < -0.39 is 12.0 Å². The fourth-order valence-electron chi connectivity index (χ4n) is 2.52. The molecule has 0 saturated heterocycles. The Morgan fingerprint density at radius 3 is 2.29 bits per heavy atom. The van der Waals surface area contributed by atoms with Crippen molar-refractivity contribution in [2.24, 2.45) is 0 Å². The Labute approximate surface area is 143 Å². The van der Waals surface area contributed by atoms with Crippen molar-refractivity contribution >= 4 is 11.9 Å². The number of hydrogen-bond acceptors (Lipinski definition) is 3. The van der Waals surface area contributed by atoms with Gasteiger partial charge in [-0.25, -0.2) is 4.79 Å². The van der Waals surface area contributed by atoms with E-state index in [4.69, 9.17) is 4.74 Å². The first kappa shape index (κ1) is 17.7. The van der Waals surface area contributed by atoms with Crippen molar-refractivity contribution in [2.45, 2.75) is 33.4 Å². The number of nitrogens with zero attached hydrogens (tertiary/aromatic N) is 1. The van der Waals surface area contributed by atoms with Gasteiger partial charge in [0.1, 0.15) is 6.04 Å². The second-order valence-corrected chi connectivity index (χ2v) is 5.66. The second kappa shape index (κ2) is 8.29. The molecule has 0 spiro atoms. The maximum absolute atomic E-state index is 13.0. The molecule has 0 N–H and O–H groups in total. The molecule has 126 valence electrons. The van der Waals surface area contributed by atoms with Gasteiger partial charge in [-0.3, -0.25) is 4.79 Å². The van der Waals surface area contributed by atoms with E-state index in [2.05, 4.69) is 0 Å². The zero-order chi connectivity index (χ0) is 17.5. The predicted octanol–water partition coefficient (Wildman–Crippen LogP) is 3.59. The van der Waals surface area contributed by atoms with E-state index in [1.165, 1.54) is 0 Å². The lowest BCUT2D eigenvalue weighted by molar-refractivity contribution is -0.148. The average Bonchev–Trinajstić information content (AvgIpc) is 2.60. The van der Waals surface area contributed by atoms with Gasteiger partial charge < -0.3 is 9.64 Å². The lowest BCUT2D eigenvalue weighted by atomic mass is 10.1. The minimum absolute atomic E-state index is 0.169. The molecular weight excluding hydrogens is 302 g/mol. The van der Waals surface area contributed by atoms with Crippen molar-refractivity contribution < 1.29 is 14.3 Å². The first-order chi connectivity index (χ1) is 11.5. The van der Waals surface area contributed by atoms with E-state index in [9.17, 15) is 9.59 Å². The summed E-state index contributed by atoms with van der Waals surface area (Å²) >= 11 is 0. The van der Waals surface area contributed by atoms with Crippen LogP contribution >= 0.6 is 0 Å². The van der Waals surface area contributed by atoms with Crippen LogP contribution in [0.15, 0.2) is 54.6 Å². The van der Waals surface area contributed by atoms with Crippen LogP contribution in [0, 0.1) is 6.92 Å². The van der Waals surface area contributed by atoms with Crippen molar-refractivity contribution in [1.29, 1.82) is 0 Å². The summed E-state index contributed by atoms with van der Waals surface area (Å²) in [5.74, 6) is -0.562. The molecule has 4 nitrogen and oxygen atoms in total. The molecule has 2 rings (SSSR count). The summed E-state index contributed by atoms with van der Waals surface area (Å²) in [4.78, 5) is 26.8. The monoisotopic (exact) mass is 325 g/mol. The Kier molecular flexibility index (Phi) is 6.13. The highest BCUT2D eigenvalue weighted by atomic mass is 16.5. The molecule has 0 heterocycles. The maximum atomic E-state index is 13.0. The van der Waals surface area contributed by atoms with Gasteiger partial charge in [0.05, 0.1) is 6.61 Å². The lowest BCUT2D eigenvalue weighted by Gasteiger charge is -2.28. The molecule has 0 aliphatic rings. The van der Waals surface area contributed by atoms with Crippen LogP contribution in [0.4, 0.5) is 0 Å². The van der Waals surface area contributed by atoms with Crippen LogP contribution in [0.5, 0.6) is 0 Å². The highest BCUT2D eigenvalue weighted by Crippen LogP contribution is 2.17. The molecule has 24 heavy (non-hydrogen) atoms. The number of aryl methyl sites for hydroxylation is 1. The molecule has 2 aromatic carbocycles. The molecule has 0 bridgehead atoms. The average molecular weight is 325 g/mol. The molecule has 0 aliphatic carbocycles. The third-order valence-corrected chi connectivity index (χ3v) is 3.93. The van der Waals surface area contributed by atoms with Crippen LogP contribution < -0.4 is 0 Å². The predicted molar refractivity (Wildman–Crippen MR) is 93.6 cm³/mol. The van der Waals surface area contributed by atoms with Crippen molar-refractivity contribution in [1.82, 2.24) is 4.90 Å². The molecule has 1 amide bonds. The molecule has 0 radical (unpaired) electrons. The van der Waals surface area contributed by atoms with Crippen LogP contribution in [0.25, 0.3) is 0 Å². The molecule has 0 aliphatic heterocycles. The van der Waals surface area contributed by atoms with E-state index in [0.717, 1.165) is 11.1 Å². The third kappa shape index (κ3) is 4.22. The van der Waals surface area contributed by atoms with Crippen molar-refractivity contribution in [2.75, 3.05) is 6.61 Å². The van der Waals surface area contributed by atoms with E-state index in [0.29, 0.717) is 18.7 Å². The first-order valence-corrected chi connectivity index (χ1v) is 8.11. The highest BCUT2D eigenvalue weighted by molar-refractivity contribution is 5.97. The molecule has 0 fully saturated rings. The van der Waals surface area contributed by atoms with Gasteiger partial charge >= 0.3 is 5.97 Å². The zero-order valence-corrected chi connectivity index (χ0v) is 14.4. The largest absolute Gasteiger partial charge is 0.464 e. The number of hydrogen-bond donors (Lipinski definition) is 0. The zero-order valence-electron chi connectivity index (χ0n) is 14.4. The van der Waals surface area contributed by atoms with Crippen LogP contribution in [-0.4, -0.2) is 29.4 Å². The summed E-state index contributed by atoms with van der Waals surface area (Å²) in [5.41, 5.74) is 2.46. The highest BCUT2D eigenvalue weighted by Gasteiger charge is 2.28. The second-order valence-electron chi connectivity index (χ2n) is 5.66. The smallest absolute Gasteiger partial charge is 0.328 e. The maximum Gasteiger partial charge on any atom is 0.328 e. The summed E-state index contributed by atoms with van der Waals surface area (Å²) in [7, 11) is 0. The van der Waals surface area contributed by atoms with Crippen molar-refractivity contribution in [3.8, 4) is 0 Å². The fraction of sp³-hybridized carbons (Fsp3) is 0.300. The quantitative estimate of drug-likeness (QED) is 0.763. The SMILES string of the molecule is CCOC(=O)C(C)N(Cc1ccccc1)C(=O)c1ccccc1C. The Balaban J connectivity index is 2.33. The van der Waals surface area contributed by atoms with Crippen LogP contribution in [0.1, 0.15) is 35.3 Å². The Morgan fingerprint density at radius 2 is 1.67 bits per heavy atom. The van der Waals surface area contributed by atoms with E-state index in [1.807, 2.05) is 55.5 Å². The molecule has 2 aromatic rings. The number of amides is 1. The van der Waals surface area contributed by atoms with Gasteiger partial charge in [0.25, 0.3) is 5.91 Å². The van der Waals surface area contributed by atoms with Gasteiger partial charge in [-0.15, -0.1) is 0 Å². The van der Waals surface area contributed by atoms with Crippen molar-refractivity contribution in [3.63, 3.8) is 0 Å². The van der Waals surface area contributed by atoms with Gasteiger partial charge in [-0.2, -0.15) is 0 Å². The Bertz CT molecular complexity index is 697. The number of carbonyl (C=O) groups is 2. The molecule has 0 saturated carbocycles. The molecule has 1 atom stereocenters. The summed E-state index contributed by atoms with van der Waals surface area (Å²) < 4.78 is 5.11.